The second-order valence-corrected chi connectivity index (χ2v) is 4.19. The van der Waals surface area contributed by atoms with Gasteiger partial charge in [0.15, 0.2) is 0 Å². The highest BCUT2D eigenvalue weighted by Crippen LogP contribution is 2.36. The van der Waals surface area contributed by atoms with E-state index in [0.29, 0.717) is 6.61 Å². The number of nitrogens with one attached hydrogen (secondary N) is 1. The zero-order chi connectivity index (χ0) is 12.4. The molecular weight excluding hydrogens is 226 g/mol. The van der Waals surface area contributed by atoms with Crippen molar-refractivity contribution in [2.45, 2.75) is 0 Å². The number of methoxy groups -OCH3 is 1. The lowest BCUT2D eigenvalue weighted by Crippen LogP contribution is -2.17. The Morgan fingerprint density at radius 2 is 2.06 bits per heavy atom. The molecule has 3 nitrogen and oxygen atoms in total. The van der Waals surface area contributed by atoms with Crippen LogP contribution in [0, 0.1) is 0 Å². The van der Waals surface area contributed by atoms with Crippen LogP contribution in [0.5, 0.6) is 11.5 Å². The van der Waals surface area contributed by atoms with Gasteiger partial charge in [-0.25, -0.2) is 0 Å². The molecule has 0 saturated heterocycles. The minimum absolute atomic E-state index is 0.711. The third-order valence-electron chi connectivity index (χ3n) is 3.07. The molecule has 0 aliphatic carbocycles. The number of para-hydroxylation sites is 1. The summed E-state index contributed by atoms with van der Waals surface area (Å²) in [5.41, 5.74) is 3.24. The molecule has 92 valence electrons. The second-order valence-electron chi connectivity index (χ2n) is 4.19. The quantitative estimate of drug-likeness (QED) is 0.876. The standard InChI is InChI=1S/C15H15NO2/c1-17-14-5-3-2-4-12(14)11-6-7-13-15(10-11)18-9-8-16-13/h2-7,10,16H,8-9H2,1H3. The molecule has 1 N–H and O–H groups in total. The monoisotopic (exact) mass is 241 g/mol. The average Bonchev–Trinajstić information content (AvgIpc) is 2.46. The van der Waals surface area contributed by atoms with Gasteiger partial charge in [-0.15, -0.1) is 0 Å². The van der Waals surface area contributed by atoms with Crippen molar-refractivity contribution in [3.05, 3.63) is 42.5 Å². The first-order valence-electron chi connectivity index (χ1n) is 6.02. The Balaban J connectivity index is 2.06. The van der Waals surface area contributed by atoms with Gasteiger partial charge in [0.1, 0.15) is 18.1 Å². The minimum Gasteiger partial charge on any atom is -0.496 e. The third-order valence-corrected chi connectivity index (χ3v) is 3.07. The van der Waals surface area contributed by atoms with E-state index in [1.165, 1.54) is 0 Å². The SMILES string of the molecule is COc1ccccc1-c1ccc2c(c1)OCCN2. The number of rotatable bonds is 2. The van der Waals surface area contributed by atoms with E-state index in [1.807, 2.05) is 18.2 Å². The highest BCUT2D eigenvalue weighted by atomic mass is 16.5. The number of ether oxygens (including phenoxy) is 2. The summed E-state index contributed by atoms with van der Waals surface area (Å²) in [6.45, 7) is 1.57. The van der Waals surface area contributed by atoms with E-state index in [0.717, 1.165) is 34.9 Å². The third kappa shape index (κ3) is 1.88. The van der Waals surface area contributed by atoms with Crippen molar-refractivity contribution in [3.63, 3.8) is 0 Å². The maximum Gasteiger partial charge on any atom is 0.143 e. The molecule has 0 radical (unpaired) electrons. The highest BCUT2D eigenvalue weighted by molar-refractivity contribution is 5.75. The van der Waals surface area contributed by atoms with Crippen molar-refractivity contribution < 1.29 is 9.47 Å². The summed E-state index contributed by atoms with van der Waals surface area (Å²) in [7, 11) is 1.69. The molecule has 1 aliphatic heterocycles. The number of hydrogen-bond acceptors (Lipinski definition) is 3. The van der Waals surface area contributed by atoms with Crippen molar-refractivity contribution in [2.75, 3.05) is 25.6 Å². The van der Waals surface area contributed by atoms with Gasteiger partial charge in [-0.05, 0) is 23.8 Å². The lowest BCUT2D eigenvalue weighted by Gasteiger charge is -2.20. The summed E-state index contributed by atoms with van der Waals surface area (Å²) in [6.07, 6.45) is 0. The zero-order valence-electron chi connectivity index (χ0n) is 10.3. The molecular formula is C15H15NO2. The summed E-state index contributed by atoms with van der Waals surface area (Å²) in [4.78, 5) is 0. The van der Waals surface area contributed by atoms with E-state index in [2.05, 4.69) is 29.6 Å². The van der Waals surface area contributed by atoms with Crippen molar-refractivity contribution in [1.82, 2.24) is 0 Å². The van der Waals surface area contributed by atoms with Gasteiger partial charge in [-0.3, -0.25) is 0 Å². The van der Waals surface area contributed by atoms with E-state index < -0.39 is 0 Å². The lowest BCUT2D eigenvalue weighted by atomic mass is 10.0. The molecule has 0 fully saturated rings. The first-order valence-corrected chi connectivity index (χ1v) is 6.02. The summed E-state index contributed by atoms with van der Waals surface area (Å²) < 4.78 is 11.0. The molecule has 0 aromatic heterocycles. The highest BCUT2D eigenvalue weighted by Gasteiger charge is 2.12. The Kier molecular flexibility index (Phi) is 2.81. The largest absolute Gasteiger partial charge is 0.496 e. The molecule has 18 heavy (non-hydrogen) atoms. The molecule has 0 amide bonds. The molecule has 3 heteroatoms. The fourth-order valence-corrected chi connectivity index (χ4v) is 2.19. The van der Waals surface area contributed by atoms with Gasteiger partial charge in [-0.2, -0.15) is 0 Å². The van der Waals surface area contributed by atoms with Gasteiger partial charge < -0.3 is 14.8 Å². The van der Waals surface area contributed by atoms with Gasteiger partial charge in [0.05, 0.1) is 12.8 Å². The van der Waals surface area contributed by atoms with Crippen LogP contribution in [0.3, 0.4) is 0 Å². The van der Waals surface area contributed by atoms with Crippen LogP contribution < -0.4 is 14.8 Å². The van der Waals surface area contributed by atoms with Gasteiger partial charge in [0.2, 0.25) is 0 Å². The van der Waals surface area contributed by atoms with Crippen LogP contribution >= 0.6 is 0 Å². The lowest BCUT2D eigenvalue weighted by molar-refractivity contribution is 0.323. The minimum atomic E-state index is 0.711. The van der Waals surface area contributed by atoms with Crippen LogP contribution in [0.2, 0.25) is 0 Å². The van der Waals surface area contributed by atoms with Crippen LogP contribution in [0.15, 0.2) is 42.5 Å². The average molecular weight is 241 g/mol. The normalized spacial score (nSPS) is 13.2. The Morgan fingerprint density at radius 3 is 2.94 bits per heavy atom. The van der Waals surface area contributed by atoms with Crippen molar-refractivity contribution in [1.29, 1.82) is 0 Å². The second kappa shape index (κ2) is 4.61. The molecule has 2 aromatic carbocycles. The summed E-state index contributed by atoms with van der Waals surface area (Å²) in [5.74, 6) is 1.78. The number of anilines is 1. The Bertz CT molecular complexity index is 566. The molecule has 0 spiro atoms. The van der Waals surface area contributed by atoms with E-state index in [1.54, 1.807) is 7.11 Å². The van der Waals surface area contributed by atoms with Crippen molar-refractivity contribution in [2.24, 2.45) is 0 Å². The van der Waals surface area contributed by atoms with Gasteiger partial charge in [-0.1, -0.05) is 24.3 Å². The predicted molar refractivity (Wildman–Crippen MR) is 72.4 cm³/mol. The topological polar surface area (TPSA) is 30.5 Å². The maximum absolute atomic E-state index is 5.66. The number of benzene rings is 2. The van der Waals surface area contributed by atoms with E-state index >= 15 is 0 Å². The van der Waals surface area contributed by atoms with Gasteiger partial charge in [0.25, 0.3) is 0 Å². The molecule has 1 aliphatic rings. The number of hydrogen-bond donors (Lipinski definition) is 1. The summed E-state index contributed by atoms with van der Waals surface area (Å²) in [6, 6.07) is 14.2. The molecule has 3 rings (SSSR count). The first-order chi connectivity index (χ1) is 8.88. The molecule has 0 atom stereocenters. The molecule has 0 unspecified atom stereocenters. The summed E-state index contributed by atoms with van der Waals surface area (Å²) >= 11 is 0. The molecule has 0 saturated carbocycles. The molecule has 2 aromatic rings. The number of fused-ring (bicyclic) bond motifs is 1. The molecule has 1 heterocycles. The van der Waals surface area contributed by atoms with E-state index in [4.69, 9.17) is 9.47 Å². The fraction of sp³-hybridized carbons (Fsp3) is 0.200. The predicted octanol–water partition coefficient (Wildman–Crippen LogP) is 3.17. The van der Waals surface area contributed by atoms with Crippen molar-refractivity contribution >= 4 is 5.69 Å². The Labute approximate surface area is 106 Å². The zero-order valence-corrected chi connectivity index (χ0v) is 10.3. The van der Waals surface area contributed by atoms with Crippen molar-refractivity contribution in [3.8, 4) is 22.6 Å². The van der Waals surface area contributed by atoms with Crippen LogP contribution in [0.25, 0.3) is 11.1 Å². The van der Waals surface area contributed by atoms with E-state index in [9.17, 15) is 0 Å². The van der Waals surface area contributed by atoms with Crippen LogP contribution in [-0.4, -0.2) is 20.3 Å². The maximum atomic E-state index is 5.66. The van der Waals surface area contributed by atoms with E-state index in [-0.39, 0.29) is 0 Å². The molecule has 0 bridgehead atoms. The van der Waals surface area contributed by atoms with Gasteiger partial charge in [0, 0.05) is 12.1 Å². The van der Waals surface area contributed by atoms with Crippen LogP contribution in [0.4, 0.5) is 5.69 Å². The Morgan fingerprint density at radius 1 is 1.17 bits per heavy atom. The van der Waals surface area contributed by atoms with Crippen LogP contribution in [0.1, 0.15) is 0 Å². The summed E-state index contributed by atoms with van der Waals surface area (Å²) in [5, 5.41) is 3.31. The smallest absolute Gasteiger partial charge is 0.143 e. The Hall–Kier alpha value is -2.16. The fourth-order valence-electron chi connectivity index (χ4n) is 2.19. The van der Waals surface area contributed by atoms with Gasteiger partial charge >= 0.3 is 0 Å². The first kappa shape index (κ1) is 11.0. The van der Waals surface area contributed by atoms with Crippen LogP contribution in [-0.2, 0) is 0 Å².